The highest BCUT2D eigenvalue weighted by molar-refractivity contribution is 7.89. The standard InChI is InChI=1S/C19H22N2O3S/c1-14(15-7-4-3-5-8-15)21(2)19(22)16-9-6-10-18(13-16)25(23,24)20-17-11-12-17/h3-10,13-14,17,20H,11-12H2,1-2H3. The minimum atomic E-state index is -3.57. The Morgan fingerprint density at radius 1 is 1.12 bits per heavy atom. The number of hydrogen-bond acceptors (Lipinski definition) is 3. The highest BCUT2D eigenvalue weighted by Gasteiger charge is 2.28. The van der Waals surface area contributed by atoms with Crippen molar-refractivity contribution in [2.45, 2.75) is 36.7 Å². The summed E-state index contributed by atoms with van der Waals surface area (Å²) in [5.41, 5.74) is 1.39. The molecule has 6 heteroatoms. The smallest absolute Gasteiger partial charge is 0.254 e. The Morgan fingerprint density at radius 3 is 2.44 bits per heavy atom. The number of hydrogen-bond donors (Lipinski definition) is 1. The first-order valence-electron chi connectivity index (χ1n) is 8.33. The molecule has 0 heterocycles. The molecule has 0 spiro atoms. The number of nitrogens with one attached hydrogen (secondary N) is 1. The van der Waals surface area contributed by atoms with Crippen molar-refractivity contribution in [2.24, 2.45) is 0 Å². The van der Waals surface area contributed by atoms with Crippen molar-refractivity contribution in [2.75, 3.05) is 7.05 Å². The Kier molecular flexibility index (Phi) is 4.92. The fourth-order valence-corrected chi connectivity index (χ4v) is 3.97. The van der Waals surface area contributed by atoms with Crippen molar-refractivity contribution in [1.29, 1.82) is 0 Å². The van der Waals surface area contributed by atoms with Crippen LogP contribution in [-0.2, 0) is 10.0 Å². The molecule has 1 amide bonds. The van der Waals surface area contributed by atoms with E-state index in [9.17, 15) is 13.2 Å². The van der Waals surface area contributed by atoms with E-state index in [0.29, 0.717) is 5.56 Å². The first kappa shape index (κ1) is 17.6. The molecular formula is C19H22N2O3S. The Hall–Kier alpha value is -2.18. The summed E-state index contributed by atoms with van der Waals surface area (Å²) >= 11 is 0. The van der Waals surface area contributed by atoms with Gasteiger partial charge in [0.05, 0.1) is 10.9 Å². The van der Waals surface area contributed by atoms with Gasteiger partial charge >= 0.3 is 0 Å². The van der Waals surface area contributed by atoms with E-state index in [1.165, 1.54) is 12.1 Å². The molecule has 1 unspecified atom stereocenters. The van der Waals surface area contributed by atoms with Crippen LogP contribution in [0, 0.1) is 0 Å². The molecule has 1 N–H and O–H groups in total. The first-order chi connectivity index (χ1) is 11.9. The molecule has 0 bridgehead atoms. The van der Waals surface area contributed by atoms with Crippen molar-refractivity contribution in [3.63, 3.8) is 0 Å². The second-order valence-corrected chi connectivity index (χ2v) is 8.14. The molecule has 2 aromatic rings. The second kappa shape index (κ2) is 6.98. The molecule has 3 rings (SSSR count). The molecule has 132 valence electrons. The third-order valence-electron chi connectivity index (χ3n) is 4.47. The maximum Gasteiger partial charge on any atom is 0.254 e. The molecule has 5 nitrogen and oxygen atoms in total. The average molecular weight is 358 g/mol. The summed E-state index contributed by atoms with van der Waals surface area (Å²) in [5, 5.41) is 0. The lowest BCUT2D eigenvalue weighted by Gasteiger charge is -2.25. The molecule has 25 heavy (non-hydrogen) atoms. The van der Waals surface area contributed by atoms with Crippen molar-refractivity contribution < 1.29 is 13.2 Å². The highest BCUT2D eigenvalue weighted by atomic mass is 32.2. The van der Waals surface area contributed by atoms with Gasteiger partial charge in [-0.05, 0) is 43.5 Å². The summed E-state index contributed by atoms with van der Waals surface area (Å²) in [6.07, 6.45) is 1.74. The van der Waals surface area contributed by atoms with Gasteiger partial charge in [-0.2, -0.15) is 0 Å². The van der Waals surface area contributed by atoms with E-state index < -0.39 is 10.0 Å². The Bertz CT molecular complexity index is 861. The van der Waals surface area contributed by atoms with Crippen LogP contribution in [0.1, 0.15) is 41.7 Å². The maximum absolute atomic E-state index is 12.8. The van der Waals surface area contributed by atoms with Gasteiger partial charge in [-0.15, -0.1) is 0 Å². The van der Waals surface area contributed by atoms with Gasteiger partial charge in [0.15, 0.2) is 0 Å². The van der Waals surface area contributed by atoms with Gasteiger partial charge in [-0.1, -0.05) is 36.4 Å². The molecule has 1 fully saturated rings. The van der Waals surface area contributed by atoms with E-state index in [1.807, 2.05) is 37.3 Å². The Morgan fingerprint density at radius 2 is 1.80 bits per heavy atom. The van der Waals surface area contributed by atoms with Crippen molar-refractivity contribution in [1.82, 2.24) is 9.62 Å². The number of carbonyl (C=O) groups excluding carboxylic acids is 1. The molecule has 0 aromatic heterocycles. The number of benzene rings is 2. The third-order valence-corrected chi connectivity index (χ3v) is 5.99. The number of rotatable bonds is 6. The topological polar surface area (TPSA) is 66.5 Å². The van der Waals surface area contributed by atoms with E-state index in [1.54, 1.807) is 24.1 Å². The summed E-state index contributed by atoms with van der Waals surface area (Å²) in [4.78, 5) is 14.5. The summed E-state index contributed by atoms with van der Waals surface area (Å²) in [6.45, 7) is 1.95. The molecule has 0 radical (unpaired) electrons. The van der Waals surface area contributed by atoms with Crippen LogP contribution in [0.3, 0.4) is 0 Å². The summed E-state index contributed by atoms with van der Waals surface area (Å²) < 4.78 is 27.3. The van der Waals surface area contributed by atoms with Crippen LogP contribution < -0.4 is 4.72 Å². The van der Waals surface area contributed by atoms with Crippen molar-refractivity contribution in [3.05, 3.63) is 65.7 Å². The predicted molar refractivity (Wildman–Crippen MR) is 96.7 cm³/mol. The molecule has 1 aliphatic carbocycles. The third kappa shape index (κ3) is 4.08. The van der Waals surface area contributed by atoms with Crippen LogP contribution in [0.25, 0.3) is 0 Å². The van der Waals surface area contributed by atoms with Gasteiger partial charge < -0.3 is 4.90 Å². The predicted octanol–water partition coefficient (Wildman–Crippen LogP) is 2.96. The molecule has 1 aliphatic rings. The van der Waals surface area contributed by atoms with Crippen LogP contribution in [0.4, 0.5) is 0 Å². The van der Waals surface area contributed by atoms with E-state index in [0.717, 1.165) is 18.4 Å². The quantitative estimate of drug-likeness (QED) is 0.863. The fourth-order valence-electron chi connectivity index (χ4n) is 2.62. The SMILES string of the molecule is CC(c1ccccc1)N(C)C(=O)c1cccc(S(=O)(=O)NC2CC2)c1. The molecule has 0 aliphatic heterocycles. The van der Waals surface area contributed by atoms with Crippen molar-refractivity contribution in [3.8, 4) is 0 Å². The van der Waals surface area contributed by atoms with E-state index in [4.69, 9.17) is 0 Å². The van der Waals surface area contributed by atoms with E-state index in [-0.39, 0.29) is 22.9 Å². The summed E-state index contributed by atoms with van der Waals surface area (Å²) in [5.74, 6) is -0.208. The number of nitrogens with zero attached hydrogens (tertiary/aromatic N) is 1. The van der Waals surface area contributed by atoms with Gasteiger partial charge in [-0.3, -0.25) is 4.79 Å². The maximum atomic E-state index is 12.8. The lowest BCUT2D eigenvalue weighted by Crippen LogP contribution is -2.30. The summed E-state index contributed by atoms with van der Waals surface area (Å²) in [6, 6.07) is 15.9. The van der Waals surface area contributed by atoms with Gasteiger partial charge in [0, 0.05) is 18.7 Å². The van der Waals surface area contributed by atoms with Crippen LogP contribution >= 0.6 is 0 Å². The molecule has 2 aromatic carbocycles. The number of sulfonamides is 1. The zero-order valence-electron chi connectivity index (χ0n) is 14.3. The number of amides is 1. The summed E-state index contributed by atoms with van der Waals surface area (Å²) in [7, 11) is -1.85. The van der Waals surface area contributed by atoms with Crippen LogP contribution in [0.5, 0.6) is 0 Å². The molecule has 1 atom stereocenters. The van der Waals surface area contributed by atoms with Gasteiger partial charge in [0.1, 0.15) is 0 Å². The van der Waals surface area contributed by atoms with Crippen molar-refractivity contribution >= 4 is 15.9 Å². The highest BCUT2D eigenvalue weighted by Crippen LogP contribution is 2.24. The second-order valence-electron chi connectivity index (χ2n) is 6.43. The first-order valence-corrected chi connectivity index (χ1v) is 9.81. The zero-order valence-corrected chi connectivity index (χ0v) is 15.2. The van der Waals surface area contributed by atoms with E-state index in [2.05, 4.69) is 4.72 Å². The van der Waals surface area contributed by atoms with Crippen LogP contribution in [0.2, 0.25) is 0 Å². The normalized spacial score (nSPS) is 15.6. The average Bonchev–Trinajstić information content (AvgIpc) is 3.44. The minimum absolute atomic E-state index is 0.0325. The monoisotopic (exact) mass is 358 g/mol. The molecular weight excluding hydrogens is 336 g/mol. The van der Waals surface area contributed by atoms with Gasteiger partial charge in [-0.25, -0.2) is 13.1 Å². The molecule has 1 saturated carbocycles. The minimum Gasteiger partial charge on any atom is -0.335 e. The lowest BCUT2D eigenvalue weighted by atomic mass is 10.1. The van der Waals surface area contributed by atoms with Crippen LogP contribution in [0.15, 0.2) is 59.5 Å². The largest absolute Gasteiger partial charge is 0.335 e. The Labute approximate surface area is 148 Å². The number of carbonyl (C=O) groups is 1. The fraction of sp³-hybridized carbons (Fsp3) is 0.316. The Balaban J connectivity index is 1.81. The van der Waals surface area contributed by atoms with E-state index >= 15 is 0 Å². The van der Waals surface area contributed by atoms with Crippen LogP contribution in [-0.4, -0.2) is 32.3 Å². The van der Waals surface area contributed by atoms with Gasteiger partial charge in [0.25, 0.3) is 5.91 Å². The molecule has 0 saturated heterocycles. The zero-order chi connectivity index (χ0) is 18.0. The lowest BCUT2D eigenvalue weighted by molar-refractivity contribution is 0.0742. The van der Waals surface area contributed by atoms with Gasteiger partial charge in [0.2, 0.25) is 10.0 Å².